The third kappa shape index (κ3) is 2.59. The van der Waals surface area contributed by atoms with Gasteiger partial charge in [-0.2, -0.15) is 0 Å². The van der Waals surface area contributed by atoms with Crippen molar-refractivity contribution in [2.24, 2.45) is 18.6 Å². The molecule has 2 aromatic rings. The minimum absolute atomic E-state index is 0.280. The number of carbonyl (C=O) groups excluding carboxylic acids is 1. The Morgan fingerprint density at radius 2 is 2.21 bits per heavy atom. The van der Waals surface area contributed by atoms with Gasteiger partial charge in [-0.25, -0.2) is 10.8 Å². The van der Waals surface area contributed by atoms with Crippen LogP contribution >= 0.6 is 0 Å². The van der Waals surface area contributed by atoms with Crippen LogP contribution in [-0.4, -0.2) is 33.6 Å². The van der Waals surface area contributed by atoms with Crippen molar-refractivity contribution in [3.63, 3.8) is 0 Å². The van der Waals surface area contributed by atoms with E-state index in [4.69, 9.17) is 11.6 Å². The Balaban J connectivity index is 2.25. The normalized spacial score (nSPS) is 12.7. The lowest BCUT2D eigenvalue weighted by Gasteiger charge is -2.16. The van der Waals surface area contributed by atoms with E-state index in [0.29, 0.717) is 6.42 Å². The maximum absolute atomic E-state index is 11.6. The van der Waals surface area contributed by atoms with Crippen molar-refractivity contribution in [2.75, 3.05) is 7.05 Å². The van der Waals surface area contributed by atoms with Gasteiger partial charge in [0.25, 0.3) is 5.91 Å². The third-order valence-electron chi connectivity index (χ3n) is 3.29. The van der Waals surface area contributed by atoms with E-state index >= 15 is 0 Å². The molecule has 2 rings (SSSR count). The highest BCUT2D eigenvalue weighted by atomic mass is 16.2. The van der Waals surface area contributed by atoms with Gasteiger partial charge < -0.3 is 10.3 Å². The smallest absolute Gasteiger partial charge is 0.253 e. The van der Waals surface area contributed by atoms with E-state index in [-0.39, 0.29) is 5.91 Å². The fourth-order valence-electron chi connectivity index (χ4n) is 2.10. The Morgan fingerprint density at radius 3 is 2.84 bits per heavy atom. The Labute approximate surface area is 112 Å². The topological polar surface area (TPSA) is 90.2 Å². The van der Waals surface area contributed by atoms with Gasteiger partial charge in [0, 0.05) is 14.1 Å². The summed E-state index contributed by atoms with van der Waals surface area (Å²) in [5.74, 6) is 6.07. The number of rotatable bonds is 3. The van der Waals surface area contributed by atoms with Crippen LogP contribution < -0.4 is 11.6 Å². The molecule has 4 N–H and O–H groups in total. The molecule has 1 heterocycles. The van der Waals surface area contributed by atoms with Crippen LogP contribution in [-0.2, 0) is 18.3 Å². The summed E-state index contributed by atoms with van der Waals surface area (Å²) in [5, 5.41) is 1.02. The summed E-state index contributed by atoms with van der Waals surface area (Å²) in [6.45, 7) is 1.96. The Hall–Kier alpha value is -1.92. The molecule has 19 heavy (non-hydrogen) atoms. The Kier molecular flexibility index (Phi) is 3.55. The monoisotopic (exact) mass is 261 g/mol. The van der Waals surface area contributed by atoms with Crippen molar-refractivity contribution in [2.45, 2.75) is 19.4 Å². The van der Waals surface area contributed by atoms with E-state index in [9.17, 15) is 4.79 Å². The molecule has 102 valence electrons. The molecule has 1 aromatic heterocycles. The quantitative estimate of drug-likeness (QED) is 0.465. The molecule has 0 fully saturated rings. The highest BCUT2D eigenvalue weighted by Crippen LogP contribution is 2.17. The van der Waals surface area contributed by atoms with Gasteiger partial charge in [-0.1, -0.05) is 6.07 Å². The number of hydrogen-bond acceptors (Lipinski definition) is 4. The predicted molar refractivity (Wildman–Crippen MR) is 74.1 cm³/mol. The summed E-state index contributed by atoms with van der Waals surface area (Å²) in [7, 11) is 3.47. The van der Waals surface area contributed by atoms with Gasteiger partial charge in [0.15, 0.2) is 0 Å². The number of nitrogens with two attached hydrogens (primary N) is 2. The summed E-state index contributed by atoms with van der Waals surface area (Å²) in [4.78, 5) is 16.1. The van der Waals surface area contributed by atoms with Gasteiger partial charge in [-0.3, -0.25) is 9.80 Å². The van der Waals surface area contributed by atoms with E-state index in [1.165, 1.54) is 7.05 Å². The first kappa shape index (κ1) is 13.5. The summed E-state index contributed by atoms with van der Waals surface area (Å²) in [5.41, 5.74) is 8.79. The average molecular weight is 261 g/mol. The zero-order valence-electron chi connectivity index (χ0n) is 11.4. The van der Waals surface area contributed by atoms with E-state index in [0.717, 1.165) is 27.4 Å². The van der Waals surface area contributed by atoms with Gasteiger partial charge in [0.05, 0.1) is 17.1 Å². The zero-order chi connectivity index (χ0) is 14.2. The number of likely N-dealkylation sites (N-methyl/N-ethyl adjacent to an activating group) is 1. The molecule has 1 amide bonds. The van der Waals surface area contributed by atoms with Crippen molar-refractivity contribution in [1.82, 2.24) is 14.6 Å². The minimum Gasteiger partial charge on any atom is -0.331 e. The molecule has 0 aliphatic carbocycles. The third-order valence-corrected chi connectivity index (χ3v) is 3.29. The number of nitrogens with zero attached hydrogens (tertiary/aromatic N) is 3. The molecule has 0 saturated heterocycles. The van der Waals surface area contributed by atoms with Crippen molar-refractivity contribution in [1.29, 1.82) is 0 Å². The summed E-state index contributed by atoms with van der Waals surface area (Å²) in [6.07, 6.45) is 0.450. The number of aromatic nitrogens is 2. The van der Waals surface area contributed by atoms with Crippen molar-refractivity contribution in [3.8, 4) is 0 Å². The molecule has 6 heteroatoms. The number of hydrogen-bond donors (Lipinski definition) is 2. The van der Waals surface area contributed by atoms with Gasteiger partial charge >= 0.3 is 0 Å². The molecule has 1 aromatic carbocycles. The second kappa shape index (κ2) is 4.99. The second-order valence-electron chi connectivity index (χ2n) is 4.80. The fourth-order valence-corrected chi connectivity index (χ4v) is 2.10. The van der Waals surface area contributed by atoms with Crippen LogP contribution in [0, 0.1) is 6.92 Å². The lowest BCUT2D eigenvalue weighted by Crippen LogP contribution is -2.46. The van der Waals surface area contributed by atoms with Crippen molar-refractivity contribution >= 4 is 16.9 Å². The van der Waals surface area contributed by atoms with Gasteiger partial charge in [-0.05, 0) is 31.0 Å². The van der Waals surface area contributed by atoms with Crippen LogP contribution in [0.5, 0.6) is 0 Å². The first-order valence-corrected chi connectivity index (χ1v) is 6.10. The van der Waals surface area contributed by atoms with E-state index in [1.54, 1.807) is 0 Å². The number of hydrazine groups is 1. The highest BCUT2D eigenvalue weighted by Gasteiger charge is 2.17. The van der Waals surface area contributed by atoms with Crippen LogP contribution in [0.3, 0.4) is 0 Å². The maximum Gasteiger partial charge on any atom is 0.253 e. The summed E-state index contributed by atoms with van der Waals surface area (Å²) >= 11 is 0. The van der Waals surface area contributed by atoms with E-state index in [2.05, 4.69) is 4.98 Å². The summed E-state index contributed by atoms with van der Waals surface area (Å²) < 4.78 is 2.03. The molecule has 1 atom stereocenters. The van der Waals surface area contributed by atoms with Gasteiger partial charge in [0.2, 0.25) is 0 Å². The van der Waals surface area contributed by atoms with Crippen LogP contribution in [0.15, 0.2) is 18.2 Å². The van der Waals surface area contributed by atoms with Gasteiger partial charge in [0.1, 0.15) is 5.82 Å². The Morgan fingerprint density at radius 1 is 1.53 bits per heavy atom. The summed E-state index contributed by atoms with van der Waals surface area (Å²) in [6, 6.07) is 5.30. The molecule has 0 radical (unpaired) electrons. The maximum atomic E-state index is 11.6. The SMILES string of the molecule is Cc1nc2cc(CC(N)C(=O)N(C)N)ccc2n1C. The van der Waals surface area contributed by atoms with Crippen molar-refractivity contribution in [3.05, 3.63) is 29.6 Å². The second-order valence-corrected chi connectivity index (χ2v) is 4.80. The molecule has 0 aliphatic rings. The first-order chi connectivity index (χ1) is 8.90. The highest BCUT2D eigenvalue weighted by molar-refractivity contribution is 5.82. The molecular weight excluding hydrogens is 242 g/mol. The van der Waals surface area contributed by atoms with E-state index in [1.807, 2.05) is 36.7 Å². The van der Waals surface area contributed by atoms with Crippen LogP contribution in [0.1, 0.15) is 11.4 Å². The molecule has 0 spiro atoms. The molecule has 0 bridgehead atoms. The molecular formula is C13H19N5O. The lowest BCUT2D eigenvalue weighted by atomic mass is 10.1. The minimum atomic E-state index is -0.628. The lowest BCUT2D eigenvalue weighted by molar-refractivity contribution is -0.131. The van der Waals surface area contributed by atoms with Crippen LogP contribution in [0.2, 0.25) is 0 Å². The number of carbonyl (C=O) groups is 1. The van der Waals surface area contributed by atoms with Crippen molar-refractivity contribution < 1.29 is 4.79 Å². The standard InChI is InChI=1S/C13H19N5O/c1-8-16-11-7-9(4-5-12(11)17(8)2)6-10(14)13(19)18(3)15/h4-5,7,10H,6,14-15H2,1-3H3. The average Bonchev–Trinajstić information content (AvgIpc) is 2.63. The number of benzene rings is 1. The number of fused-ring (bicyclic) bond motifs is 1. The molecule has 1 unspecified atom stereocenters. The predicted octanol–water partition coefficient (Wildman–Crippen LogP) is 0.0836. The molecule has 6 nitrogen and oxygen atoms in total. The number of amides is 1. The van der Waals surface area contributed by atoms with Crippen LogP contribution in [0.25, 0.3) is 11.0 Å². The molecule has 0 aliphatic heterocycles. The van der Waals surface area contributed by atoms with Gasteiger partial charge in [-0.15, -0.1) is 0 Å². The Bertz CT molecular complexity index is 617. The molecule has 0 saturated carbocycles. The van der Waals surface area contributed by atoms with E-state index < -0.39 is 6.04 Å². The zero-order valence-corrected chi connectivity index (χ0v) is 11.4. The first-order valence-electron chi connectivity index (χ1n) is 6.10. The number of imidazole rings is 1. The fraction of sp³-hybridized carbons (Fsp3) is 0.385. The largest absolute Gasteiger partial charge is 0.331 e. The number of aryl methyl sites for hydroxylation is 2. The van der Waals surface area contributed by atoms with Crippen LogP contribution in [0.4, 0.5) is 0 Å².